The summed E-state index contributed by atoms with van der Waals surface area (Å²) in [6.07, 6.45) is 2.40. The minimum atomic E-state index is -0.951. The lowest BCUT2D eigenvalue weighted by Gasteiger charge is -2.29. The molecule has 0 saturated carbocycles. The van der Waals surface area contributed by atoms with Gasteiger partial charge in [0.2, 0.25) is 0 Å². The summed E-state index contributed by atoms with van der Waals surface area (Å²) < 4.78 is 5.75. The van der Waals surface area contributed by atoms with Crippen molar-refractivity contribution >= 4 is 11.8 Å². The van der Waals surface area contributed by atoms with Crippen LogP contribution in [-0.2, 0) is 4.84 Å². The molecular formula is C18H23N3O6. The van der Waals surface area contributed by atoms with Crippen LogP contribution in [0, 0.1) is 16.0 Å². The molecule has 2 amide bonds. The number of carbonyl (C=O) groups excluding carboxylic acids is 2. The third kappa shape index (κ3) is 4.54. The number of carbonyl (C=O) groups is 2. The molecule has 1 aromatic rings. The third-order valence-electron chi connectivity index (χ3n) is 5.01. The summed E-state index contributed by atoms with van der Waals surface area (Å²) in [4.78, 5) is 42.4. The van der Waals surface area contributed by atoms with Crippen LogP contribution in [0.25, 0.3) is 0 Å². The molecule has 0 spiro atoms. The number of nitrogens with zero attached hydrogens (tertiary/aromatic N) is 3. The molecule has 0 aliphatic carbocycles. The van der Waals surface area contributed by atoms with Crippen molar-refractivity contribution in [2.75, 3.05) is 39.4 Å². The van der Waals surface area contributed by atoms with Gasteiger partial charge in [0.05, 0.1) is 17.7 Å². The predicted octanol–water partition coefficient (Wildman–Crippen LogP) is 1.60. The van der Waals surface area contributed by atoms with Gasteiger partial charge >= 0.3 is 0 Å². The van der Waals surface area contributed by atoms with Gasteiger partial charge in [0.15, 0.2) is 0 Å². The van der Waals surface area contributed by atoms with Crippen LogP contribution in [0.2, 0.25) is 0 Å². The van der Waals surface area contributed by atoms with E-state index in [0.29, 0.717) is 12.4 Å². The van der Waals surface area contributed by atoms with Crippen LogP contribution < -0.4 is 4.74 Å². The van der Waals surface area contributed by atoms with Gasteiger partial charge in [-0.25, -0.2) is 0 Å². The summed E-state index contributed by atoms with van der Waals surface area (Å²) >= 11 is 0. The first-order valence-corrected chi connectivity index (χ1v) is 9.08. The van der Waals surface area contributed by atoms with Gasteiger partial charge in [-0.3, -0.25) is 19.4 Å². The number of ether oxygens (including phenoxy) is 1. The Morgan fingerprint density at radius 3 is 2.52 bits per heavy atom. The van der Waals surface area contributed by atoms with Crippen LogP contribution in [0.4, 0.5) is 0 Å². The normalized spacial score (nSPS) is 17.9. The van der Waals surface area contributed by atoms with Crippen LogP contribution in [0.3, 0.4) is 0 Å². The number of amides is 2. The summed E-state index contributed by atoms with van der Waals surface area (Å²) in [6, 6.07) is 4.78. The second-order valence-electron chi connectivity index (χ2n) is 6.90. The molecule has 2 aliphatic rings. The predicted molar refractivity (Wildman–Crippen MR) is 95.1 cm³/mol. The first-order chi connectivity index (χ1) is 13.0. The van der Waals surface area contributed by atoms with Crippen LogP contribution in [0.1, 0.15) is 40.5 Å². The van der Waals surface area contributed by atoms with Crippen molar-refractivity contribution in [3.8, 4) is 5.75 Å². The van der Waals surface area contributed by atoms with Gasteiger partial charge < -0.3 is 9.57 Å². The van der Waals surface area contributed by atoms with E-state index in [9.17, 15) is 19.7 Å². The van der Waals surface area contributed by atoms with E-state index >= 15 is 0 Å². The van der Waals surface area contributed by atoms with Crippen LogP contribution in [-0.4, -0.2) is 66.1 Å². The Labute approximate surface area is 156 Å². The highest BCUT2D eigenvalue weighted by molar-refractivity contribution is 6.21. The maximum atomic E-state index is 12.4. The summed E-state index contributed by atoms with van der Waals surface area (Å²) in [5, 5.41) is 9.25. The van der Waals surface area contributed by atoms with Crippen molar-refractivity contribution in [2.45, 2.75) is 19.8 Å². The van der Waals surface area contributed by atoms with Gasteiger partial charge in [-0.1, -0.05) is 6.92 Å². The van der Waals surface area contributed by atoms with Crippen LogP contribution in [0.15, 0.2) is 18.2 Å². The van der Waals surface area contributed by atoms with Crippen molar-refractivity contribution in [1.82, 2.24) is 9.80 Å². The average Bonchev–Trinajstić information content (AvgIpc) is 2.88. The van der Waals surface area contributed by atoms with E-state index in [1.54, 1.807) is 18.2 Å². The highest BCUT2D eigenvalue weighted by Gasteiger charge is 2.35. The Bertz CT molecular complexity index is 730. The van der Waals surface area contributed by atoms with E-state index in [0.717, 1.165) is 30.5 Å². The van der Waals surface area contributed by atoms with Gasteiger partial charge in [0.25, 0.3) is 16.9 Å². The number of imide groups is 1. The van der Waals surface area contributed by atoms with Gasteiger partial charge in [-0.15, -0.1) is 10.1 Å². The second kappa shape index (κ2) is 8.34. The minimum absolute atomic E-state index is 0.170. The Morgan fingerprint density at radius 2 is 1.81 bits per heavy atom. The SMILES string of the molecule is CC1CCN(CCOc2ccc3c(c2)C(=O)N(CCO[N+](=O)[O-])C3=O)CC1. The largest absolute Gasteiger partial charge is 0.492 e. The molecule has 1 saturated heterocycles. The molecule has 2 aliphatic heterocycles. The Hall–Kier alpha value is -2.68. The minimum Gasteiger partial charge on any atom is -0.492 e. The molecule has 0 bridgehead atoms. The number of piperidine rings is 1. The van der Waals surface area contributed by atoms with Crippen LogP contribution >= 0.6 is 0 Å². The molecular weight excluding hydrogens is 354 g/mol. The summed E-state index contributed by atoms with van der Waals surface area (Å²) in [5.41, 5.74) is 0.531. The lowest BCUT2D eigenvalue weighted by Crippen LogP contribution is -2.35. The summed E-state index contributed by atoms with van der Waals surface area (Å²) in [5.74, 6) is 0.346. The van der Waals surface area contributed by atoms with Crippen molar-refractivity contribution in [3.05, 3.63) is 39.4 Å². The van der Waals surface area contributed by atoms with Gasteiger partial charge in [-0.05, 0) is 50.0 Å². The molecule has 0 aromatic heterocycles. The van der Waals surface area contributed by atoms with Gasteiger partial charge in [0.1, 0.15) is 19.0 Å². The summed E-state index contributed by atoms with van der Waals surface area (Å²) in [6.45, 7) is 5.22. The molecule has 0 unspecified atom stereocenters. The Balaban J connectivity index is 1.54. The fourth-order valence-corrected chi connectivity index (χ4v) is 3.35. The highest BCUT2D eigenvalue weighted by Crippen LogP contribution is 2.27. The number of hydrogen-bond donors (Lipinski definition) is 0. The molecule has 1 fully saturated rings. The van der Waals surface area contributed by atoms with Crippen molar-refractivity contribution in [2.24, 2.45) is 5.92 Å². The molecule has 0 N–H and O–H groups in total. The second-order valence-corrected chi connectivity index (χ2v) is 6.90. The summed E-state index contributed by atoms with van der Waals surface area (Å²) in [7, 11) is 0. The number of hydrogen-bond acceptors (Lipinski definition) is 7. The first-order valence-electron chi connectivity index (χ1n) is 9.08. The third-order valence-corrected chi connectivity index (χ3v) is 5.01. The zero-order chi connectivity index (χ0) is 19.4. The van der Waals surface area contributed by atoms with E-state index in [-0.39, 0.29) is 24.3 Å². The van der Waals surface area contributed by atoms with Crippen LogP contribution in [0.5, 0.6) is 5.75 Å². The molecule has 2 heterocycles. The molecule has 27 heavy (non-hydrogen) atoms. The smallest absolute Gasteiger partial charge is 0.294 e. The maximum absolute atomic E-state index is 12.4. The first kappa shape index (κ1) is 19.1. The standard InChI is InChI=1S/C18H23N3O6/c1-13-4-6-19(7-5-13)8-10-26-14-2-3-15-16(12-14)18(23)20(17(15)22)9-11-27-21(24)25/h2-3,12-13H,4-11H2,1H3. The lowest BCUT2D eigenvalue weighted by molar-refractivity contribution is -0.757. The lowest BCUT2D eigenvalue weighted by atomic mass is 9.99. The average molecular weight is 377 g/mol. The zero-order valence-electron chi connectivity index (χ0n) is 15.3. The van der Waals surface area contributed by atoms with E-state index in [1.165, 1.54) is 12.8 Å². The van der Waals surface area contributed by atoms with E-state index < -0.39 is 16.9 Å². The quantitative estimate of drug-likeness (QED) is 0.385. The highest BCUT2D eigenvalue weighted by atomic mass is 16.9. The van der Waals surface area contributed by atoms with Crippen molar-refractivity contribution < 1.29 is 24.3 Å². The monoisotopic (exact) mass is 377 g/mol. The fraction of sp³-hybridized carbons (Fsp3) is 0.556. The number of fused-ring (bicyclic) bond motifs is 1. The number of rotatable bonds is 8. The van der Waals surface area contributed by atoms with Gasteiger partial charge in [-0.2, -0.15) is 0 Å². The van der Waals surface area contributed by atoms with E-state index in [4.69, 9.17) is 4.74 Å². The Morgan fingerprint density at radius 1 is 1.11 bits per heavy atom. The van der Waals surface area contributed by atoms with Gasteiger partial charge in [0, 0.05) is 6.54 Å². The molecule has 9 heteroatoms. The number of likely N-dealkylation sites (tertiary alicyclic amines) is 1. The topological polar surface area (TPSA) is 102 Å². The molecule has 3 rings (SSSR count). The maximum Gasteiger partial charge on any atom is 0.294 e. The van der Waals surface area contributed by atoms with E-state index in [1.807, 2.05) is 0 Å². The van der Waals surface area contributed by atoms with E-state index in [2.05, 4.69) is 16.7 Å². The molecule has 9 nitrogen and oxygen atoms in total. The Kier molecular flexibility index (Phi) is 5.90. The van der Waals surface area contributed by atoms with Crippen molar-refractivity contribution in [1.29, 1.82) is 0 Å². The molecule has 146 valence electrons. The van der Waals surface area contributed by atoms with Crippen molar-refractivity contribution in [3.63, 3.8) is 0 Å². The molecule has 0 atom stereocenters. The fourth-order valence-electron chi connectivity index (χ4n) is 3.35. The molecule has 0 radical (unpaired) electrons. The zero-order valence-corrected chi connectivity index (χ0v) is 15.3. The number of benzene rings is 1. The molecule has 1 aromatic carbocycles.